The molecule has 2 atom stereocenters. The van der Waals surface area contributed by atoms with E-state index in [9.17, 15) is 17.3 Å². The number of rotatable bonds is 13. The standard InChI is InChI=1S/C44H32P2.C26H24NP.BF4.ClH.Ru/c1-5-19-35(20-6-1)45(36-21-7-2-8-22-36)41-31-29-33-17-13-15-27-39(33)43(41)44-40-28-16-14-18-34(40)30-32-42(44)46(37-23-9-3-10-24-37)38-25-11-4-12-26-38;27-25(21-13-5-1-6-14-21)26(22-15-7-2-8-16-22)28(23-17-9-3-10-18-23)24-19-11-4-12-20-24;2-1(3,4)5;;/h1-32H;1-20,25-26H,27H2;;1H;/q;;-1;;+2/p-1/t;25-,26-;;;/m.1.../s1. The van der Waals surface area contributed by atoms with Gasteiger partial charge in [0.05, 0.1) is 0 Å². The molecule has 0 bridgehead atoms. The zero-order valence-corrected chi connectivity index (χ0v) is 49.1. The Kier molecular flexibility index (Phi) is 21.7. The summed E-state index contributed by atoms with van der Waals surface area (Å²) in [6, 6.07) is 115. The molecule has 12 aromatic carbocycles. The van der Waals surface area contributed by atoms with Gasteiger partial charge in [-0.25, -0.2) is 0 Å². The molecule has 0 unspecified atom stereocenters. The van der Waals surface area contributed by atoms with E-state index in [0.29, 0.717) is 0 Å². The normalized spacial score (nSPS) is 11.8. The first-order valence-corrected chi connectivity index (χ1v) is 30.3. The van der Waals surface area contributed by atoms with Crippen molar-refractivity contribution < 1.29 is 49.1 Å². The van der Waals surface area contributed by atoms with Crippen LogP contribution in [0.1, 0.15) is 22.8 Å². The zero-order valence-electron chi connectivity index (χ0n) is 43.9. The van der Waals surface area contributed by atoms with Crippen LogP contribution in [0.3, 0.4) is 0 Å². The summed E-state index contributed by atoms with van der Waals surface area (Å²) in [6.45, 7) is 0. The van der Waals surface area contributed by atoms with Gasteiger partial charge in [-0.3, -0.25) is 0 Å². The molecule has 0 aliphatic heterocycles. The maximum Gasteiger partial charge on any atom is 2.00 e. The second kappa shape index (κ2) is 29.2. The van der Waals surface area contributed by atoms with Gasteiger partial charge < -0.3 is 35.4 Å². The van der Waals surface area contributed by atoms with Gasteiger partial charge in [0.1, 0.15) is 0 Å². The summed E-state index contributed by atoms with van der Waals surface area (Å²) in [6.07, 6.45) is 0. The average molecular weight is 1230 g/mol. The first kappa shape index (κ1) is 60.2. The van der Waals surface area contributed by atoms with Crippen LogP contribution >= 0.6 is 23.8 Å². The summed E-state index contributed by atoms with van der Waals surface area (Å²) in [7, 11) is -8.38. The molecule has 402 valence electrons. The van der Waals surface area contributed by atoms with Crippen molar-refractivity contribution in [3.8, 4) is 11.1 Å². The number of benzene rings is 12. The molecule has 11 heteroatoms. The van der Waals surface area contributed by atoms with E-state index in [-0.39, 0.29) is 43.6 Å². The van der Waals surface area contributed by atoms with E-state index in [0.717, 1.165) is 0 Å². The predicted molar refractivity (Wildman–Crippen MR) is 336 cm³/mol. The largest absolute Gasteiger partial charge is 2.00 e. The average Bonchev–Trinajstić information content (AvgIpc) is 3.51. The van der Waals surface area contributed by atoms with Crippen LogP contribution < -0.4 is 60.6 Å². The molecule has 0 aliphatic rings. The van der Waals surface area contributed by atoms with Crippen LogP contribution in [0.4, 0.5) is 17.3 Å². The Hall–Kier alpha value is -6.89. The molecule has 2 N–H and O–H groups in total. The SMILES string of the molecule is F[B-](F)(F)F.N[C@H](c1ccccc1)[C@@H](c1ccccc1)P(c1ccccc1)c1ccccc1.[Cl-].[Ru+2].c1ccc(P(c2ccccc2)c2ccc3ccccc3c2-c2c(P(c3ccccc3)c3ccccc3)ccc3ccccc23)cc1. The maximum atomic E-state index is 9.75. The van der Waals surface area contributed by atoms with Crippen molar-refractivity contribution in [2.75, 3.05) is 0 Å². The Morgan fingerprint density at radius 1 is 0.296 bits per heavy atom. The molecule has 0 spiro atoms. The van der Waals surface area contributed by atoms with Crippen molar-refractivity contribution in [1.29, 1.82) is 0 Å². The minimum absolute atomic E-state index is 0. The van der Waals surface area contributed by atoms with Gasteiger partial charge in [-0.05, 0) is 110 Å². The third kappa shape index (κ3) is 15.0. The molecule has 0 aromatic heterocycles. The fourth-order valence-corrected chi connectivity index (χ4v) is 18.1. The molecular weight excluding hydrogens is 1170 g/mol. The van der Waals surface area contributed by atoms with E-state index in [2.05, 4.69) is 309 Å². The molecule has 0 aliphatic carbocycles. The summed E-state index contributed by atoms with van der Waals surface area (Å²) in [5, 5.41) is 16.0. The van der Waals surface area contributed by atoms with Crippen LogP contribution in [0.25, 0.3) is 32.7 Å². The number of halogens is 5. The number of nitrogens with two attached hydrogens (primary N) is 1. The van der Waals surface area contributed by atoms with Gasteiger partial charge in [-0.15, -0.1) is 0 Å². The second-order valence-electron chi connectivity index (χ2n) is 18.7. The molecule has 0 fully saturated rings. The Labute approximate surface area is 495 Å². The third-order valence-corrected chi connectivity index (χ3v) is 21.5. The fourth-order valence-electron chi connectivity index (χ4n) is 10.3. The second-order valence-corrected chi connectivity index (χ2v) is 25.4. The maximum absolute atomic E-state index is 9.75. The minimum Gasteiger partial charge on any atom is -1.00 e. The molecule has 0 heterocycles. The van der Waals surface area contributed by atoms with E-state index in [1.165, 1.54) is 86.2 Å². The first-order valence-electron chi connectivity index (χ1n) is 26.2. The Balaban J connectivity index is 0.000000210. The van der Waals surface area contributed by atoms with E-state index in [1.807, 2.05) is 6.07 Å². The molecule has 1 nitrogen and oxygen atoms in total. The van der Waals surface area contributed by atoms with Crippen molar-refractivity contribution in [1.82, 2.24) is 0 Å². The summed E-state index contributed by atoms with van der Waals surface area (Å²) in [5.74, 6) is 0. The van der Waals surface area contributed by atoms with E-state index < -0.39 is 31.0 Å². The topological polar surface area (TPSA) is 26.0 Å². The molecule has 12 aromatic rings. The molecule has 12 rings (SSSR count). The van der Waals surface area contributed by atoms with Gasteiger partial charge in [0.15, 0.2) is 0 Å². The number of hydrogen-bond donors (Lipinski definition) is 1. The summed E-state index contributed by atoms with van der Waals surface area (Å²) >= 11 is 0. The molecule has 0 amide bonds. The first-order chi connectivity index (χ1) is 38.7. The number of fused-ring (bicyclic) bond motifs is 2. The van der Waals surface area contributed by atoms with Gasteiger partial charge >= 0.3 is 26.7 Å². The van der Waals surface area contributed by atoms with Gasteiger partial charge in [-0.1, -0.05) is 315 Å². The van der Waals surface area contributed by atoms with Crippen molar-refractivity contribution in [3.05, 3.63) is 327 Å². The molecule has 0 saturated carbocycles. The van der Waals surface area contributed by atoms with E-state index >= 15 is 0 Å². The quantitative estimate of drug-likeness (QED) is 0.0695. The molecule has 0 radical (unpaired) electrons. The predicted octanol–water partition coefficient (Wildman–Crippen LogP) is 13.0. The smallest absolute Gasteiger partial charge is 1.00 e. The van der Waals surface area contributed by atoms with Crippen LogP contribution in [0.5, 0.6) is 0 Å². The Morgan fingerprint density at radius 2 is 0.543 bits per heavy atom. The van der Waals surface area contributed by atoms with Crippen LogP contribution in [0.15, 0.2) is 315 Å². The molecule has 81 heavy (non-hydrogen) atoms. The fraction of sp³-hybridized carbons (Fsp3) is 0.0286. The van der Waals surface area contributed by atoms with Gasteiger partial charge in [0, 0.05) is 11.7 Å². The van der Waals surface area contributed by atoms with Crippen molar-refractivity contribution >= 4 is 95.0 Å². The number of hydrogen-bond acceptors (Lipinski definition) is 1. The summed E-state index contributed by atoms with van der Waals surface area (Å²) < 4.78 is 39.0. The monoisotopic (exact) mass is 1230 g/mol. The van der Waals surface area contributed by atoms with Gasteiger partial charge in [0.25, 0.3) is 0 Å². The van der Waals surface area contributed by atoms with E-state index in [4.69, 9.17) is 5.73 Å². The van der Waals surface area contributed by atoms with Crippen molar-refractivity contribution in [2.45, 2.75) is 11.7 Å². The summed E-state index contributed by atoms with van der Waals surface area (Å²) in [4.78, 5) is 0. The third-order valence-electron chi connectivity index (χ3n) is 13.6. The Bertz CT molecular complexity index is 3540. The molecule has 0 saturated heterocycles. The van der Waals surface area contributed by atoms with Gasteiger partial charge in [0.2, 0.25) is 0 Å². The minimum atomic E-state index is -6.00. The summed E-state index contributed by atoms with van der Waals surface area (Å²) in [5.41, 5.74) is 12.3. The van der Waals surface area contributed by atoms with Crippen LogP contribution in [-0.2, 0) is 19.5 Å². The van der Waals surface area contributed by atoms with Crippen molar-refractivity contribution in [3.63, 3.8) is 0 Å². The zero-order chi connectivity index (χ0) is 54.4. The van der Waals surface area contributed by atoms with E-state index in [1.54, 1.807) is 0 Å². The van der Waals surface area contributed by atoms with Crippen LogP contribution in [0, 0.1) is 0 Å². The Morgan fingerprint density at radius 3 is 0.852 bits per heavy atom. The van der Waals surface area contributed by atoms with Crippen LogP contribution in [0.2, 0.25) is 0 Å². The van der Waals surface area contributed by atoms with Crippen LogP contribution in [-0.4, -0.2) is 7.25 Å². The molecular formula is C70H56BClF4NP3Ru. The van der Waals surface area contributed by atoms with Gasteiger partial charge in [-0.2, -0.15) is 0 Å². The van der Waals surface area contributed by atoms with Crippen molar-refractivity contribution in [2.24, 2.45) is 5.73 Å².